The molecule has 0 spiro atoms. The first-order valence-corrected chi connectivity index (χ1v) is 6.54. The molecule has 0 radical (unpaired) electrons. The SMILES string of the molecule is CCC(C)N(CC)C(=O)C1(C)CCCC1N. The number of hydrogen-bond donors (Lipinski definition) is 1. The molecule has 1 aliphatic carbocycles. The minimum atomic E-state index is -0.320. The molecule has 3 heteroatoms. The highest BCUT2D eigenvalue weighted by atomic mass is 16.2. The highest BCUT2D eigenvalue weighted by Crippen LogP contribution is 2.38. The first-order valence-electron chi connectivity index (χ1n) is 6.54. The van der Waals surface area contributed by atoms with Gasteiger partial charge >= 0.3 is 0 Å². The van der Waals surface area contributed by atoms with Crippen molar-refractivity contribution in [2.45, 2.75) is 65.5 Å². The first-order chi connectivity index (χ1) is 7.47. The van der Waals surface area contributed by atoms with Crippen LogP contribution in [-0.4, -0.2) is 29.4 Å². The molecule has 0 aliphatic heterocycles. The highest BCUT2D eigenvalue weighted by Gasteiger charge is 2.45. The van der Waals surface area contributed by atoms with Crippen molar-refractivity contribution in [3.63, 3.8) is 0 Å². The van der Waals surface area contributed by atoms with Gasteiger partial charge in [-0.2, -0.15) is 0 Å². The van der Waals surface area contributed by atoms with Gasteiger partial charge in [-0.25, -0.2) is 0 Å². The Morgan fingerprint density at radius 1 is 1.56 bits per heavy atom. The van der Waals surface area contributed by atoms with Crippen LogP contribution in [0, 0.1) is 5.41 Å². The molecule has 3 unspecified atom stereocenters. The lowest BCUT2D eigenvalue weighted by Gasteiger charge is -2.37. The fourth-order valence-corrected chi connectivity index (χ4v) is 2.66. The summed E-state index contributed by atoms with van der Waals surface area (Å²) in [6, 6.07) is 0.361. The Hall–Kier alpha value is -0.570. The second-order valence-corrected chi connectivity index (χ2v) is 5.26. The summed E-state index contributed by atoms with van der Waals surface area (Å²) in [6.07, 6.45) is 4.02. The van der Waals surface area contributed by atoms with E-state index in [4.69, 9.17) is 5.73 Å². The topological polar surface area (TPSA) is 46.3 Å². The average molecular weight is 226 g/mol. The molecule has 0 bridgehead atoms. The summed E-state index contributed by atoms with van der Waals surface area (Å²) in [5.74, 6) is 0.259. The standard InChI is InChI=1S/C13H26N2O/c1-5-10(3)15(6-2)12(16)13(4)9-7-8-11(13)14/h10-11H,5-9,14H2,1-4H3. The molecule has 3 atom stereocenters. The molecule has 0 saturated heterocycles. The first kappa shape index (κ1) is 13.5. The fraction of sp³-hybridized carbons (Fsp3) is 0.923. The third-order valence-corrected chi connectivity index (χ3v) is 4.24. The van der Waals surface area contributed by atoms with Crippen molar-refractivity contribution in [3.05, 3.63) is 0 Å². The largest absolute Gasteiger partial charge is 0.340 e. The fourth-order valence-electron chi connectivity index (χ4n) is 2.66. The molecule has 1 aliphatic rings. The van der Waals surface area contributed by atoms with Gasteiger partial charge in [0.2, 0.25) is 5.91 Å². The summed E-state index contributed by atoms with van der Waals surface area (Å²) in [5.41, 5.74) is 5.78. The maximum absolute atomic E-state index is 12.6. The van der Waals surface area contributed by atoms with Crippen molar-refractivity contribution in [3.8, 4) is 0 Å². The zero-order valence-corrected chi connectivity index (χ0v) is 11.1. The lowest BCUT2D eigenvalue weighted by molar-refractivity contribution is -0.143. The molecular weight excluding hydrogens is 200 g/mol. The highest BCUT2D eigenvalue weighted by molar-refractivity contribution is 5.83. The van der Waals surface area contributed by atoms with Crippen molar-refractivity contribution in [1.82, 2.24) is 4.90 Å². The van der Waals surface area contributed by atoms with Crippen molar-refractivity contribution in [2.75, 3.05) is 6.54 Å². The van der Waals surface area contributed by atoms with Gasteiger partial charge in [0.05, 0.1) is 5.41 Å². The van der Waals surface area contributed by atoms with E-state index in [0.717, 1.165) is 32.2 Å². The van der Waals surface area contributed by atoms with Gasteiger partial charge < -0.3 is 10.6 Å². The zero-order valence-electron chi connectivity index (χ0n) is 11.1. The van der Waals surface area contributed by atoms with Gasteiger partial charge in [0.25, 0.3) is 0 Å². The summed E-state index contributed by atoms with van der Waals surface area (Å²) in [6.45, 7) is 9.12. The number of hydrogen-bond acceptors (Lipinski definition) is 2. The third kappa shape index (κ3) is 2.24. The van der Waals surface area contributed by atoms with Crippen LogP contribution in [0.5, 0.6) is 0 Å². The third-order valence-electron chi connectivity index (χ3n) is 4.24. The number of amides is 1. The van der Waals surface area contributed by atoms with Crippen LogP contribution in [0.25, 0.3) is 0 Å². The monoisotopic (exact) mass is 226 g/mol. The van der Waals surface area contributed by atoms with Crippen LogP contribution < -0.4 is 5.73 Å². The number of carbonyl (C=O) groups is 1. The zero-order chi connectivity index (χ0) is 12.3. The molecule has 1 saturated carbocycles. The van der Waals surface area contributed by atoms with Crippen LogP contribution >= 0.6 is 0 Å². The lowest BCUT2D eigenvalue weighted by Crippen LogP contribution is -2.51. The van der Waals surface area contributed by atoms with Crippen LogP contribution in [0.4, 0.5) is 0 Å². The molecule has 0 aromatic carbocycles. The summed E-state index contributed by atoms with van der Waals surface area (Å²) in [4.78, 5) is 14.5. The molecule has 1 rings (SSSR count). The van der Waals surface area contributed by atoms with Gasteiger partial charge in [0, 0.05) is 18.6 Å². The predicted molar refractivity (Wildman–Crippen MR) is 67.1 cm³/mol. The van der Waals surface area contributed by atoms with E-state index in [-0.39, 0.29) is 17.4 Å². The van der Waals surface area contributed by atoms with Crippen LogP contribution in [0.15, 0.2) is 0 Å². The second-order valence-electron chi connectivity index (χ2n) is 5.26. The maximum Gasteiger partial charge on any atom is 0.230 e. The molecule has 0 aromatic heterocycles. The second kappa shape index (κ2) is 5.17. The van der Waals surface area contributed by atoms with Crippen LogP contribution in [0.2, 0.25) is 0 Å². The average Bonchev–Trinajstić information content (AvgIpc) is 2.61. The number of nitrogens with two attached hydrogens (primary N) is 1. The number of rotatable bonds is 4. The van der Waals surface area contributed by atoms with Crippen molar-refractivity contribution < 1.29 is 4.79 Å². The Bertz CT molecular complexity index is 254. The van der Waals surface area contributed by atoms with Crippen molar-refractivity contribution >= 4 is 5.91 Å². The van der Waals surface area contributed by atoms with Gasteiger partial charge in [-0.1, -0.05) is 13.3 Å². The van der Waals surface area contributed by atoms with Gasteiger partial charge in [0.15, 0.2) is 0 Å². The van der Waals surface area contributed by atoms with E-state index in [1.54, 1.807) is 0 Å². The molecule has 3 nitrogen and oxygen atoms in total. The summed E-state index contributed by atoms with van der Waals surface area (Å²) < 4.78 is 0. The van der Waals surface area contributed by atoms with Gasteiger partial charge in [0.1, 0.15) is 0 Å². The van der Waals surface area contributed by atoms with Crippen molar-refractivity contribution in [1.29, 1.82) is 0 Å². The molecule has 94 valence electrons. The molecule has 16 heavy (non-hydrogen) atoms. The Labute approximate surface area is 99.4 Å². The quantitative estimate of drug-likeness (QED) is 0.798. The Morgan fingerprint density at radius 3 is 2.56 bits per heavy atom. The maximum atomic E-state index is 12.6. The van der Waals surface area contributed by atoms with E-state index in [1.165, 1.54) is 0 Å². The van der Waals surface area contributed by atoms with E-state index in [0.29, 0.717) is 6.04 Å². The van der Waals surface area contributed by atoms with E-state index in [9.17, 15) is 4.79 Å². The van der Waals surface area contributed by atoms with E-state index < -0.39 is 0 Å². The minimum Gasteiger partial charge on any atom is -0.340 e. The van der Waals surface area contributed by atoms with Gasteiger partial charge in [-0.05, 0) is 40.0 Å². The molecule has 1 amide bonds. The summed E-state index contributed by atoms with van der Waals surface area (Å²) in [7, 11) is 0. The predicted octanol–water partition coefficient (Wildman–Crippen LogP) is 2.15. The van der Waals surface area contributed by atoms with E-state index in [1.807, 2.05) is 18.7 Å². The van der Waals surface area contributed by atoms with Gasteiger partial charge in [-0.15, -0.1) is 0 Å². The van der Waals surface area contributed by atoms with Crippen LogP contribution in [-0.2, 0) is 4.79 Å². The summed E-state index contributed by atoms with van der Waals surface area (Å²) in [5, 5.41) is 0. The Balaban J connectivity index is 2.82. The Morgan fingerprint density at radius 2 is 2.19 bits per heavy atom. The number of nitrogens with zero attached hydrogens (tertiary/aromatic N) is 1. The molecule has 0 aromatic rings. The Kier molecular flexibility index (Phi) is 4.36. The van der Waals surface area contributed by atoms with E-state index in [2.05, 4.69) is 13.8 Å². The minimum absolute atomic E-state index is 0.0399. The molecule has 1 fully saturated rings. The van der Waals surface area contributed by atoms with E-state index >= 15 is 0 Å². The molecule has 0 heterocycles. The summed E-state index contributed by atoms with van der Waals surface area (Å²) >= 11 is 0. The number of carbonyl (C=O) groups excluding carboxylic acids is 1. The van der Waals surface area contributed by atoms with Crippen molar-refractivity contribution in [2.24, 2.45) is 11.1 Å². The molecule has 2 N–H and O–H groups in total. The molecular formula is C13H26N2O. The normalized spacial score (nSPS) is 31.4. The smallest absolute Gasteiger partial charge is 0.230 e. The van der Waals surface area contributed by atoms with Crippen LogP contribution in [0.3, 0.4) is 0 Å². The lowest BCUT2D eigenvalue weighted by atomic mass is 9.83. The van der Waals surface area contributed by atoms with Gasteiger partial charge in [-0.3, -0.25) is 4.79 Å². The van der Waals surface area contributed by atoms with Crippen LogP contribution in [0.1, 0.15) is 53.4 Å².